The van der Waals surface area contributed by atoms with Crippen LogP contribution in [0.2, 0.25) is 0 Å². The molecule has 0 fully saturated rings. The fourth-order valence-corrected chi connectivity index (χ4v) is 2.23. The Morgan fingerprint density at radius 1 is 0.295 bits per heavy atom. The number of hydrogen-bond donors (Lipinski definition) is 0. The van der Waals surface area contributed by atoms with Crippen LogP contribution in [0.5, 0.6) is 0 Å². The van der Waals surface area contributed by atoms with E-state index in [4.69, 9.17) is 0 Å². The van der Waals surface area contributed by atoms with Crippen LogP contribution in [0.3, 0.4) is 0 Å². The first kappa shape index (κ1) is 60.1. The lowest BCUT2D eigenvalue weighted by Crippen LogP contribution is -1.96. The molecule has 0 aliphatic rings. The monoisotopic (exact) mass is 632 g/mol. The van der Waals surface area contributed by atoms with Gasteiger partial charge < -0.3 is 4.55 Å². The highest BCUT2D eigenvalue weighted by Gasteiger charge is 1.95. The third kappa shape index (κ3) is 66.8. The molecule has 0 heterocycles. The van der Waals surface area contributed by atoms with Crippen molar-refractivity contribution >= 4 is 10.1 Å². The third-order valence-corrected chi connectivity index (χ3v) is 3.88. The van der Waals surface area contributed by atoms with Crippen LogP contribution in [0, 0.1) is 0 Å². The van der Waals surface area contributed by atoms with E-state index in [1.54, 1.807) is 6.07 Å². The van der Waals surface area contributed by atoms with Crippen molar-refractivity contribution in [3.8, 4) is 0 Å². The molecule has 0 bridgehead atoms. The summed E-state index contributed by atoms with van der Waals surface area (Å²) >= 11 is 0. The summed E-state index contributed by atoms with van der Waals surface area (Å²) in [6, 6.07) is 43.2. The number of hydrogen-bond acceptors (Lipinski definition) is 3. The Balaban J connectivity index is -0.0000000575. The summed E-state index contributed by atoms with van der Waals surface area (Å²) in [7, 11) is -4.25. The molecule has 4 heteroatoms. The van der Waals surface area contributed by atoms with Crippen molar-refractivity contribution in [1.82, 2.24) is 0 Å². The molecule has 0 aliphatic carbocycles. The second-order valence-corrected chi connectivity index (χ2v) is 6.61. The fraction of sp³-hybridized carbons (Fsp3) is 0.400. The largest absolute Gasteiger partial charge is 0.744 e. The molecule has 0 unspecified atom stereocenters. The smallest absolute Gasteiger partial charge is 0.124 e. The first-order chi connectivity index (χ1) is 21.6. The second-order valence-electron chi connectivity index (χ2n) is 5.23. The molecule has 44 heavy (non-hydrogen) atoms. The van der Waals surface area contributed by atoms with Crippen LogP contribution in [0.15, 0.2) is 144 Å². The average molecular weight is 632 g/mol. The summed E-state index contributed by atoms with van der Waals surface area (Å²) in [4.78, 5) is -0.185. The molecule has 0 amide bonds. The van der Waals surface area contributed by atoms with E-state index in [1.165, 1.54) is 24.3 Å². The minimum atomic E-state index is -4.25. The lowest BCUT2D eigenvalue weighted by atomic mass is 10.4. The fourth-order valence-electron chi connectivity index (χ4n) is 1.74. The molecule has 0 aliphatic heterocycles. The van der Waals surface area contributed by atoms with E-state index in [1.807, 2.05) is 220 Å². The highest BCUT2D eigenvalue weighted by molar-refractivity contribution is 7.85. The topological polar surface area (TPSA) is 57.2 Å². The van der Waals surface area contributed by atoms with Gasteiger partial charge in [-0.1, -0.05) is 238 Å². The molecule has 0 radical (unpaired) electrons. The van der Waals surface area contributed by atoms with Gasteiger partial charge in [-0.25, -0.2) is 8.42 Å². The number of rotatable bonds is 1. The van der Waals surface area contributed by atoms with Crippen molar-refractivity contribution in [1.29, 1.82) is 0 Å². The van der Waals surface area contributed by atoms with Gasteiger partial charge in [-0.3, -0.25) is 0 Å². The van der Waals surface area contributed by atoms with E-state index < -0.39 is 10.1 Å². The predicted molar refractivity (Wildman–Crippen MR) is 205 cm³/mol. The van der Waals surface area contributed by atoms with Crippen molar-refractivity contribution in [2.75, 3.05) is 0 Å². The quantitative estimate of drug-likeness (QED) is 0.196. The minimum Gasteiger partial charge on any atom is -0.744 e. The summed E-state index contributed by atoms with van der Waals surface area (Å²) in [5.41, 5.74) is 0. The van der Waals surface area contributed by atoms with Crippen LogP contribution in [0.4, 0.5) is 0 Å². The Bertz CT molecular complexity index is 760. The van der Waals surface area contributed by atoms with Crippen molar-refractivity contribution in [3.05, 3.63) is 140 Å². The maximum atomic E-state index is 10.3. The van der Waals surface area contributed by atoms with Crippen LogP contribution in [-0.2, 0) is 10.1 Å². The highest BCUT2D eigenvalue weighted by Crippen LogP contribution is 2.05. The third-order valence-electron chi connectivity index (χ3n) is 3.03. The van der Waals surface area contributed by atoms with Gasteiger partial charge >= 0.3 is 0 Å². The van der Waals surface area contributed by atoms with E-state index in [0.29, 0.717) is 0 Å². The van der Waals surface area contributed by atoms with Crippen LogP contribution >= 0.6 is 0 Å². The lowest BCUT2D eigenvalue weighted by molar-refractivity contribution is 0.463. The average Bonchev–Trinajstić information content (AvgIpc) is 3.18. The van der Waals surface area contributed by atoms with Gasteiger partial charge in [-0.05, 0) is 12.1 Å². The van der Waals surface area contributed by atoms with Gasteiger partial charge in [-0.15, -0.1) is 0 Å². The van der Waals surface area contributed by atoms with Crippen molar-refractivity contribution in [3.63, 3.8) is 0 Å². The Hall–Kier alpha value is -3.21. The Morgan fingerprint density at radius 2 is 0.409 bits per heavy atom. The molecule has 256 valence electrons. The summed E-state index contributed by atoms with van der Waals surface area (Å²) in [6.45, 7) is 32.0. The minimum absolute atomic E-state index is 0.185. The molecule has 0 atom stereocenters. The first-order valence-electron chi connectivity index (χ1n) is 16.6. The van der Waals surface area contributed by atoms with Crippen molar-refractivity contribution in [2.24, 2.45) is 0 Å². The van der Waals surface area contributed by atoms with Gasteiger partial charge in [0.2, 0.25) is 0 Å². The maximum Gasteiger partial charge on any atom is 0.124 e. The van der Waals surface area contributed by atoms with Crippen LogP contribution < -0.4 is 0 Å². The van der Waals surface area contributed by atoms with Gasteiger partial charge in [0, 0.05) is 0 Å². The van der Waals surface area contributed by atoms with E-state index in [-0.39, 0.29) is 4.90 Å². The zero-order chi connectivity index (χ0) is 36.3. The SMILES string of the molecule is CC.CC.CC.CC.CC.CC.CC.CC.O=S(=O)([O-])c1ccccc1.c1ccccc1.c1ccccc1.c1ccccc1. The van der Waals surface area contributed by atoms with Gasteiger partial charge in [0.15, 0.2) is 0 Å². The number of benzene rings is 4. The molecule has 4 rings (SSSR count). The molecule has 4 aromatic carbocycles. The van der Waals surface area contributed by atoms with E-state index in [0.717, 1.165) is 0 Å². The maximum absolute atomic E-state index is 10.3. The molecule has 0 spiro atoms. The van der Waals surface area contributed by atoms with E-state index >= 15 is 0 Å². The normalized spacial score (nSPS) is 6.93. The summed E-state index contributed by atoms with van der Waals surface area (Å²) < 4.78 is 30.8. The summed E-state index contributed by atoms with van der Waals surface area (Å²) in [6.07, 6.45) is 0. The summed E-state index contributed by atoms with van der Waals surface area (Å²) in [5.74, 6) is 0. The lowest BCUT2D eigenvalue weighted by Gasteiger charge is -2.04. The highest BCUT2D eigenvalue weighted by atomic mass is 32.2. The van der Waals surface area contributed by atoms with E-state index in [2.05, 4.69) is 0 Å². The Morgan fingerprint density at radius 3 is 0.500 bits per heavy atom. The summed E-state index contributed by atoms with van der Waals surface area (Å²) in [5, 5.41) is 0. The van der Waals surface area contributed by atoms with Crippen LogP contribution in [0.1, 0.15) is 111 Å². The van der Waals surface area contributed by atoms with Gasteiger partial charge in [0.05, 0.1) is 4.90 Å². The Kier molecular flexibility index (Phi) is 98.6. The second kappa shape index (κ2) is 72.2. The molecule has 3 nitrogen and oxygen atoms in total. The van der Waals surface area contributed by atoms with Crippen molar-refractivity contribution < 1.29 is 13.0 Å². The zero-order valence-electron chi connectivity index (χ0n) is 31.4. The standard InChI is InChI=1S/C6H6O3S.3C6H6.8C2H6/c7-10(8,9)6-4-2-1-3-5-6;3*1-2-4-6-5-3-1;8*1-2/h1-5H,(H,7,8,9);3*1-6H;8*1-2H3/p-1. The molecule has 4 aromatic rings. The van der Waals surface area contributed by atoms with Crippen LogP contribution in [-0.4, -0.2) is 13.0 Å². The molecular formula is C40H71O3S-. The van der Waals surface area contributed by atoms with E-state index in [9.17, 15) is 13.0 Å². The molecular weight excluding hydrogens is 561 g/mol. The molecule has 0 N–H and O–H groups in total. The van der Waals surface area contributed by atoms with Crippen LogP contribution in [0.25, 0.3) is 0 Å². The van der Waals surface area contributed by atoms with Gasteiger partial charge in [0.1, 0.15) is 10.1 Å². The van der Waals surface area contributed by atoms with Gasteiger partial charge in [-0.2, -0.15) is 0 Å². The zero-order valence-corrected chi connectivity index (χ0v) is 32.2. The molecule has 0 saturated heterocycles. The molecule has 0 saturated carbocycles. The van der Waals surface area contributed by atoms with Crippen molar-refractivity contribution in [2.45, 2.75) is 116 Å². The molecule has 0 aromatic heterocycles. The van der Waals surface area contributed by atoms with Gasteiger partial charge in [0.25, 0.3) is 0 Å². The Labute approximate surface area is 277 Å². The predicted octanol–water partition coefficient (Wildman–Crippen LogP) is 13.9. The first-order valence-corrected chi connectivity index (χ1v) is 18.0.